The van der Waals surface area contributed by atoms with Crippen molar-refractivity contribution >= 4 is 11.8 Å². The summed E-state index contributed by atoms with van der Waals surface area (Å²) in [5.74, 6) is 1.78. The summed E-state index contributed by atoms with van der Waals surface area (Å²) >= 11 is 0. The van der Waals surface area contributed by atoms with Crippen LogP contribution in [-0.4, -0.2) is 84.0 Å². The smallest absolute Gasteiger partial charge is 0.252 e. The van der Waals surface area contributed by atoms with E-state index in [0.29, 0.717) is 19.1 Å². The summed E-state index contributed by atoms with van der Waals surface area (Å²) in [6, 6.07) is 1.14. The monoisotopic (exact) mass is 419 g/mol. The third-order valence-electron chi connectivity index (χ3n) is 8.51. The first kappa shape index (κ1) is 22.1. The maximum absolute atomic E-state index is 13.4. The van der Waals surface area contributed by atoms with Crippen LogP contribution in [-0.2, 0) is 14.3 Å². The second kappa shape index (κ2) is 9.15. The Morgan fingerprint density at radius 3 is 2.23 bits per heavy atom. The van der Waals surface area contributed by atoms with Crippen LogP contribution in [0, 0.1) is 11.8 Å². The lowest BCUT2D eigenvalue weighted by atomic mass is 9.68. The first-order valence-corrected chi connectivity index (χ1v) is 12.2. The van der Waals surface area contributed by atoms with Gasteiger partial charge in [-0.15, -0.1) is 0 Å². The number of carbonyl (C=O) groups is 2. The number of hydrogen-bond donors (Lipinski definition) is 0. The number of ether oxygens (including phenoxy) is 1. The minimum absolute atomic E-state index is 0.0844. The maximum Gasteiger partial charge on any atom is 0.252 e. The predicted octanol–water partition coefficient (Wildman–Crippen LogP) is 2.90. The molecule has 30 heavy (non-hydrogen) atoms. The second-order valence-electron chi connectivity index (χ2n) is 10.5. The van der Waals surface area contributed by atoms with E-state index in [0.717, 1.165) is 37.6 Å². The lowest BCUT2D eigenvalue weighted by molar-refractivity contribution is -0.160. The second-order valence-corrected chi connectivity index (χ2v) is 10.5. The Kier molecular flexibility index (Phi) is 6.73. The summed E-state index contributed by atoms with van der Waals surface area (Å²) < 4.78 is 5.76. The molecular formula is C24H41N3O3. The molecule has 2 aliphatic heterocycles. The van der Waals surface area contributed by atoms with E-state index in [1.54, 1.807) is 6.92 Å². The molecule has 6 heteroatoms. The van der Waals surface area contributed by atoms with Gasteiger partial charge in [0.15, 0.2) is 0 Å². The average Bonchev–Trinajstić information content (AvgIpc) is 3.27. The van der Waals surface area contributed by atoms with Crippen LogP contribution in [0.2, 0.25) is 0 Å². The van der Waals surface area contributed by atoms with Gasteiger partial charge in [-0.3, -0.25) is 9.59 Å². The lowest BCUT2D eigenvalue weighted by Gasteiger charge is -2.55. The Bertz CT molecular complexity index is 625. The predicted molar refractivity (Wildman–Crippen MR) is 117 cm³/mol. The molecule has 0 aromatic heterocycles. The highest BCUT2D eigenvalue weighted by Crippen LogP contribution is 2.43. The van der Waals surface area contributed by atoms with Crippen molar-refractivity contribution in [3.05, 3.63) is 0 Å². The van der Waals surface area contributed by atoms with E-state index in [2.05, 4.69) is 35.7 Å². The van der Waals surface area contributed by atoms with Gasteiger partial charge in [0.05, 0.1) is 12.1 Å². The van der Waals surface area contributed by atoms with Gasteiger partial charge in [0, 0.05) is 32.2 Å². The van der Waals surface area contributed by atoms with Gasteiger partial charge in [-0.1, -0.05) is 0 Å². The van der Waals surface area contributed by atoms with E-state index in [1.165, 1.54) is 32.1 Å². The number of carbonyl (C=O) groups excluding carboxylic acids is 2. The van der Waals surface area contributed by atoms with Crippen LogP contribution in [0.3, 0.4) is 0 Å². The number of amides is 2. The van der Waals surface area contributed by atoms with Crippen molar-refractivity contribution in [2.45, 2.75) is 102 Å². The third kappa shape index (κ3) is 4.27. The van der Waals surface area contributed by atoms with E-state index in [-0.39, 0.29) is 36.0 Å². The summed E-state index contributed by atoms with van der Waals surface area (Å²) in [7, 11) is 4.40. The van der Waals surface area contributed by atoms with Crippen molar-refractivity contribution in [1.82, 2.24) is 14.7 Å². The molecule has 0 aromatic carbocycles. The molecule has 4 rings (SSSR count). The van der Waals surface area contributed by atoms with Crippen LogP contribution >= 0.6 is 0 Å². The zero-order chi connectivity index (χ0) is 21.4. The highest BCUT2D eigenvalue weighted by molar-refractivity contribution is 5.82. The van der Waals surface area contributed by atoms with Gasteiger partial charge >= 0.3 is 0 Å². The Morgan fingerprint density at radius 1 is 0.933 bits per heavy atom. The van der Waals surface area contributed by atoms with E-state index in [1.807, 2.05) is 0 Å². The van der Waals surface area contributed by atoms with Crippen LogP contribution < -0.4 is 0 Å². The molecule has 0 bridgehead atoms. The van der Waals surface area contributed by atoms with Gasteiger partial charge in [0.1, 0.15) is 6.10 Å². The quantitative estimate of drug-likeness (QED) is 0.706. The lowest BCUT2D eigenvalue weighted by Crippen LogP contribution is -2.68. The van der Waals surface area contributed by atoms with Crippen LogP contribution in [0.25, 0.3) is 0 Å². The summed E-state index contributed by atoms with van der Waals surface area (Å²) in [5, 5.41) is 0. The molecule has 4 fully saturated rings. The highest BCUT2D eigenvalue weighted by atomic mass is 16.5. The van der Waals surface area contributed by atoms with Crippen molar-refractivity contribution < 1.29 is 14.3 Å². The van der Waals surface area contributed by atoms with E-state index in [9.17, 15) is 9.59 Å². The normalized spacial score (nSPS) is 39.8. The van der Waals surface area contributed by atoms with Crippen molar-refractivity contribution in [2.24, 2.45) is 11.8 Å². The van der Waals surface area contributed by atoms with Crippen LogP contribution in [0.15, 0.2) is 0 Å². The number of rotatable bonds is 3. The van der Waals surface area contributed by atoms with Crippen LogP contribution in [0.5, 0.6) is 0 Å². The molecule has 2 aliphatic carbocycles. The molecule has 4 unspecified atom stereocenters. The van der Waals surface area contributed by atoms with Crippen molar-refractivity contribution in [2.75, 3.05) is 27.2 Å². The molecular weight excluding hydrogens is 378 g/mol. The number of piperazine rings is 1. The topological polar surface area (TPSA) is 53.1 Å². The molecule has 2 heterocycles. The molecule has 0 aromatic rings. The Morgan fingerprint density at radius 2 is 1.63 bits per heavy atom. The zero-order valence-corrected chi connectivity index (χ0v) is 19.4. The average molecular weight is 420 g/mol. The molecule has 2 saturated carbocycles. The Hall–Kier alpha value is -1.14. The number of nitrogens with zero attached hydrogens (tertiary/aromatic N) is 3. The van der Waals surface area contributed by atoms with Crippen LogP contribution in [0.4, 0.5) is 0 Å². The molecule has 0 radical (unpaired) electrons. The van der Waals surface area contributed by atoms with Gasteiger partial charge < -0.3 is 19.4 Å². The largest absolute Gasteiger partial charge is 0.368 e. The molecule has 2 amide bonds. The summed E-state index contributed by atoms with van der Waals surface area (Å²) in [6.45, 7) is 5.15. The molecule has 0 N–H and O–H groups in total. The fourth-order valence-corrected chi connectivity index (χ4v) is 6.93. The van der Waals surface area contributed by atoms with Crippen molar-refractivity contribution in [3.63, 3.8) is 0 Å². The van der Waals surface area contributed by atoms with Crippen molar-refractivity contribution in [1.29, 1.82) is 0 Å². The summed E-state index contributed by atoms with van der Waals surface area (Å²) in [5.41, 5.74) is 0. The Labute approximate surface area is 182 Å². The minimum atomic E-state index is -0.266. The molecule has 6 nitrogen and oxygen atoms in total. The molecule has 4 aliphatic rings. The van der Waals surface area contributed by atoms with E-state index >= 15 is 0 Å². The first-order valence-electron chi connectivity index (χ1n) is 12.2. The Balaban J connectivity index is 1.49. The zero-order valence-electron chi connectivity index (χ0n) is 19.4. The maximum atomic E-state index is 13.4. The SMILES string of the molecule is CC(=O)N1C2CCC(C3CCC(N(C)C)CC3)CC2N(C(=O)C2CCCO2)C[C@@H]1C. The molecule has 2 saturated heterocycles. The number of hydrogen-bond acceptors (Lipinski definition) is 4. The van der Waals surface area contributed by atoms with E-state index in [4.69, 9.17) is 4.74 Å². The number of fused-ring (bicyclic) bond motifs is 1. The molecule has 5 atom stereocenters. The van der Waals surface area contributed by atoms with Gasteiger partial charge in [0.2, 0.25) is 5.91 Å². The molecule has 170 valence electrons. The fraction of sp³-hybridized carbons (Fsp3) is 0.917. The van der Waals surface area contributed by atoms with Crippen LogP contribution in [0.1, 0.15) is 71.6 Å². The summed E-state index contributed by atoms with van der Waals surface area (Å²) in [6.07, 6.45) is 10.0. The minimum Gasteiger partial charge on any atom is -0.368 e. The standard InChI is InChI=1S/C24H41N3O3/c1-16-15-26(24(29)23-6-5-13-30-23)22-14-19(9-12-21(22)27(16)17(2)28)18-7-10-20(11-8-18)25(3)4/h16,18-23H,5-15H2,1-4H3/t16-,18?,19?,20?,21?,22?,23?/m0/s1. The molecule has 0 spiro atoms. The van der Waals surface area contributed by atoms with Gasteiger partial charge in [-0.2, -0.15) is 0 Å². The van der Waals surface area contributed by atoms with Gasteiger partial charge in [0.25, 0.3) is 5.91 Å². The van der Waals surface area contributed by atoms with Crippen molar-refractivity contribution in [3.8, 4) is 0 Å². The third-order valence-corrected chi connectivity index (χ3v) is 8.51. The highest BCUT2D eigenvalue weighted by Gasteiger charge is 2.48. The van der Waals surface area contributed by atoms with E-state index < -0.39 is 0 Å². The first-order chi connectivity index (χ1) is 14.4. The summed E-state index contributed by atoms with van der Waals surface area (Å²) in [4.78, 5) is 32.4. The van der Waals surface area contributed by atoms with Gasteiger partial charge in [-0.05, 0) is 90.6 Å². The van der Waals surface area contributed by atoms with Gasteiger partial charge in [-0.25, -0.2) is 0 Å². The fourth-order valence-electron chi connectivity index (χ4n) is 6.93.